The molecular formula is C20H25FN2O. The second-order valence-corrected chi connectivity index (χ2v) is 6.22. The maximum Gasteiger partial charge on any atom is 0.239 e. The first-order valence-corrected chi connectivity index (χ1v) is 8.31. The summed E-state index contributed by atoms with van der Waals surface area (Å²) < 4.78 is 13.1. The lowest BCUT2D eigenvalue weighted by atomic mass is 10.1. The molecule has 24 heavy (non-hydrogen) atoms. The Kier molecular flexibility index (Phi) is 6.36. The zero-order valence-electron chi connectivity index (χ0n) is 14.6. The third kappa shape index (κ3) is 5.08. The van der Waals surface area contributed by atoms with Crippen LogP contribution < -0.4 is 10.2 Å². The molecule has 0 aromatic heterocycles. The lowest BCUT2D eigenvalue weighted by Crippen LogP contribution is -2.41. The summed E-state index contributed by atoms with van der Waals surface area (Å²) in [5.41, 5.74) is 3.33. The molecule has 0 saturated heterocycles. The number of nitrogens with one attached hydrogen (secondary N) is 1. The van der Waals surface area contributed by atoms with Crippen molar-refractivity contribution in [3.63, 3.8) is 0 Å². The Morgan fingerprint density at radius 2 is 1.79 bits per heavy atom. The molecule has 4 heteroatoms. The molecule has 1 N–H and O–H groups in total. The molecule has 0 saturated carbocycles. The minimum atomic E-state index is -0.273. The summed E-state index contributed by atoms with van der Waals surface area (Å²) in [6.45, 7) is 6.98. The molecule has 0 aliphatic heterocycles. The van der Waals surface area contributed by atoms with Crippen molar-refractivity contribution in [3.05, 3.63) is 65.5 Å². The van der Waals surface area contributed by atoms with Gasteiger partial charge in [-0.2, -0.15) is 0 Å². The van der Waals surface area contributed by atoms with Crippen LogP contribution in [0.15, 0.2) is 48.5 Å². The summed E-state index contributed by atoms with van der Waals surface area (Å²) in [6, 6.07) is 14.6. The molecule has 2 aromatic rings. The number of anilines is 1. The molecule has 0 fully saturated rings. The standard InChI is InChI=1S/C20H25FN2O/c1-15(2)23(19-10-8-18(21)9-11-19)14-20(24)22-13-12-17-7-5-4-6-16(17)3/h4-11,15H,12-14H2,1-3H3,(H,22,24). The second-order valence-electron chi connectivity index (χ2n) is 6.22. The Hall–Kier alpha value is -2.36. The first-order chi connectivity index (χ1) is 11.5. The van der Waals surface area contributed by atoms with Gasteiger partial charge in [0.15, 0.2) is 0 Å². The summed E-state index contributed by atoms with van der Waals surface area (Å²) in [6.07, 6.45) is 0.816. The van der Waals surface area contributed by atoms with Crippen LogP contribution in [0.5, 0.6) is 0 Å². The van der Waals surface area contributed by atoms with Crippen molar-refractivity contribution in [1.29, 1.82) is 0 Å². The second kappa shape index (κ2) is 8.48. The maximum absolute atomic E-state index is 13.1. The average Bonchev–Trinajstić information content (AvgIpc) is 2.55. The minimum absolute atomic E-state index is 0.0263. The third-order valence-electron chi connectivity index (χ3n) is 4.07. The molecule has 1 amide bonds. The molecule has 128 valence electrons. The van der Waals surface area contributed by atoms with Gasteiger partial charge in [0.25, 0.3) is 0 Å². The zero-order chi connectivity index (χ0) is 17.5. The molecule has 0 spiro atoms. The van der Waals surface area contributed by atoms with Gasteiger partial charge in [-0.1, -0.05) is 24.3 Å². The molecule has 0 heterocycles. The number of hydrogen-bond donors (Lipinski definition) is 1. The molecule has 0 atom stereocenters. The highest BCUT2D eigenvalue weighted by Gasteiger charge is 2.14. The van der Waals surface area contributed by atoms with E-state index in [1.807, 2.05) is 30.9 Å². The number of amides is 1. The summed E-state index contributed by atoms with van der Waals surface area (Å²) in [7, 11) is 0. The Balaban J connectivity index is 1.89. The molecule has 2 rings (SSSR count). The summed E-state index contributed by atoms with van der Waals surface area (Å²) in [5.74, 6) is -0.299. The van der Waals surface area contributed by atoms with Gasteiger partial charge in [0.05, 0.1) is 6.54 Å². The smallest absolute Gasteiger partial charge is 0.239 e. The topological polar surface area (TPSA) is 32.3 Å². The number of hydrogen-bond acceptors (Lipinski definition) is 2. The van der Waals surface area contributed by atoms with E-state index in [1.165, 1.54) is 23.3 Å². The number of carbonyl (C=O) groups excluding carboxylic acids is 1. The van der Waals surface area contributed by atoms with Gasteiger partial charge >= 0.3 is 0 Å². The van der Waals surface area contributed by atoms with Gasteiger partial charge in [-0.3, -0.25) is 4.79 Å². The number of carbonyl (C=O) groups is 1. The fourth-order valence-electron chi connectivity index (χ4n) is 2.64. The van der Waals surface area contributed by atoms with Crippen molar-refractivity contribution in [2.24, 2.45) is 0 Å². The van der Waals surface area contributed by atoms with Crippen molar-refractivity contribution >= 4 is 11.6 Å². The average molecular weight is 328 g/mol. The van der Waals surface area contributed by atoms with Crippen molar-refractivity contribution < 1.29 is 9.18 Å². The van der Waals surface area contributed by atoms with E-state index < -0.39 is 0 Å². The predicted molar refractivity (Wildman–Crippen MR) is 96.8 cm³/mol. The van der Waals surface area contributed by atoms with E-state index in [2.05, 4.69) is 24.4 Å². The fraction of sp³-hybridized carbons (Fsp3) is 0.350. The van der Waals surface area contributed by atoms with Gasteiger partial charge in [-0.25, -0.2) is 4.39 Å². The highest BCUT2D eigenvalue weighted by Crippen LogP contribution is 2.17. The SMILES string of the molecule is Cc1ccccc1CCNC(=O)CN(c1ccc(F)cc1)C(C)C. The van der Waals surface area contributed by atoms with Gasteiger partial charge in [0, 0.05) is 18.3 Å². The van der Waals surface area contributed by atoms with E-state index in [4.69, 9.17) is 0 Å². The lowest BCUT2D eigenvalue weighted by molar-refractivity contribution is -0.119. The van der Waals surface area contributed by atoms with Crippen LogP contribution in [0.1, 0.15) is 25.0 Å². The van der Waals surface area contributed by atoms with Crippen LogP contribution in [-0.2, 0) is 11.2 Å². The van der Waals surface area contributed by atoms with Crippen LogP contribution in [0.25, 0.3) is 0 Å². The Labute approximate surface area is 143 Å². The molecule has 0 aliphatic rings. The van der Waals surface area contributed by atoms with Crippen LogP contribution in [0.3, 0.4) is 0 Å². The highest BCUT2D eigenvalue weighted by atomic mass is 19.1. The molecule has 0 unspecified atom stereocenters. The van der Waals surface area contributed by atoms with Gasteiger partial charge in [-0.05, 0) is 62.6 Å². The number of nitrogens with zero attached hydrogens (tertiary/aromatic N) is 1. The Morgan fingerprint density at radius 3 is 2.42 bits per heavy atom. The van der Waals surface area contributed by atoms with Crippen LogP contribution in [-0.4, -0.2) is 25.0 Å². The van der Waals surface area contributed by atoms with Crippen LogP contribution in [0.4, 0.5) is 10.1 Å². The first kappa shape index (κ1) is 18.0. The number of rotatable bonds is 7. The molecular weight excluding hydrogens is 303 g/mol. The quantitative estimate of drug-likeness (QED) is 0.840. The monoisotopic (exact) mass is 328 g/mol. The van der Waals surface area contributed by atoms with Gasteiger partial charge < -0.3 is 10.2 Å². The summed E-state index contributed by atoms with van der Waals surface area (Å²) >= 11 is 0. The number of benzene rings is 2. The molecule has 0 aliphatic carbocycles. The predicted octanol–water partition coefficient (Wildman–Crippen LogP) is 3.71. The summed E-state index contributed by atoms with van der Waals surface area (Å²) in [4.78, 5) is 14.2. The van der Waals surface area contributed by atoms with E-state index in [9.17, 15) is 9.18 Å². The van der Waals surface area contributed by atoms with E-state index in [1.54, 1.807) is 12.1 Å². The van der Waals surface area contributed by atoms with E-state index >= 15 is 0 Å². The molecule has 0 radical (unpaired) electrons. The van der Waals surface area contributed by atoms with Crippen LogP contribution in [0.2, 0.25) is 0 Å². The molecule has 3 nitrogen and oxygen atoms in total. The summed E-state index contributed by atoms with van der Waals surface area (Å²) in [5, 5.41) is 2.97. The third-order valence-corrected chi connectivity index (χ3v) is 4.07. The van der Waals surface area contributed by atoms with E-state index in [-0.39, 0.29) is 24.3 Å². The van der Waals surface area contributed by atoms with Gasteiger partial charge in [0.2, 0.25) is 5.91 Å². The Morgan fingerprint density at radius 1 is 1.12 bits per heavy atom. The lowest BCUT2D eigenvalue weighted by Gasteiger charge is -2.28. The van der Waals surface area contributed by atoms with E-state index in [0.29, 0.717) is 6.54 Å². The van der Waals surface area contributed by atoms with Crippen molar-refractivity contribution in [2.75, 3.05) is 18.0 Å². The fourth-order valence-corrected chi connectivity index (χ4v) is 2.64. The minimum Gasteiger partial charge on any atom is -0.360 e. The highest BCUT2D eigenvalue weighted by molar-refractivity contribution is 5.81. The maximum atomic E-state index is 13.1. The molecule has 2 aromatic carbocycles. The van der Waals surface area contributed by atoms with Crippen molar-refractivity contribution in [1.82, 2.24) is 5.32 Å². The van der Waals surface area contributed by atoms with Crippen LogP contribution in [0, 0.1) is 12.7 Å². The Bertz CT molecular complexity index is 668. The van der Waals surface area contributed by atoms with E-state index in [0.717, 1.165) is 12.1 Å². The van der Waals surface area contributed by atoms with Gasteiger partial charge in [-0.15, -0.1) is 0 Å². The van der Waals surface area contributed by atoms with Gasteiger partial charge in [0.1, 0.15) is 5.82 Å². The number of aryl methyl sites for hydroxylation is 1. The zero-order valence-corrected chi connectivity index (χ0v) is 14.6. The number of halogens is 1. The van der Waals surface area contributed by atoms with Crippen LogP contribution >= 0.6 is 0 Å². The van der Waals surface area contributed by atoms with Crippen molar-refractivity contribution in [3.8, 4) is 0 Å². The normalized spacial score (nSPS) is 10.7. The molecule has 0 bridgehead atoms. The largest absolute Gasteiger partial charge is 0.360 e. The first-order valence-electron chi connectivity index (χ1n) is 8.31. The van der Waals surface area contributed by atoms with Crippen molar-refractivity contribution in [2.45, 2.75) is 33.2 Å².